The summed E-state index contributed by atoms with van der Waals surface area (Å²) in [5.41, 5.74) is 0. The number of aliphatic hydroxyl groups excluding tert-OH is 1. The van der Waals surface area contributed by atoms with E-state index in [0.29, 0.717) is 13.2 Å². The number of aliphatic hydroxyl groups is 1. The van der Waals surface area contributed by atoms with Gasteiger partial charge in [-0.1, -0.05) is 0 Å². The molecule has 5 heteroatoms. The minimum absolute atomic E-state index is 0.111. The first-order valence-corrected chi connectivity index (χ1v) is 2.99. The Morgan fingerprint density at radius 1 is 1.20 bits per heavy atom. The van der Waals surface area contributed by atoms with E-state index in [2.05, 4.69) is 9.68 Å². The maximum absolute atomic E-state index is 10.1. The van der Waals surface area contributed by atoms with Gasteiger partial charge in [0.25, 0.3) is 0 Å². The summed E-state index contributed by atoms with van der Waals surface area (Å²) in [5.74, 6) is 0. The largest absolute Gasteiger partial charge is 0.477 e. The van der Waals surface area contributed by atoms with Gasteiger partial charge in [-0.3, -0.25) is 0 Å². The molecule has 0 atom stereocenters. The molecule has 0 aliphatic rings. The SMILES string of the molecule is CCO[N+](=O)OCC.CO. The Kier molecular flexibility index (Phi) is 13.1. The molecule has 0 amide bonds. The fourth-order valence-corrected chi connectivity index (χ4v) is 0.248. The van der Waals surface area contributed by atoms with E-state index in [9.17, 15) is 4.91 Å². The highest BCUT2D eigenvalue weighted by atomic mass is 17.0. The molecule has 62 valence electrons. The van der Waals surface area contributed by atoms with E-state index >= 15 is 0 Å². The molecule has 0 aromatic carbocycles. The van der Waals surface area contributed by atoms with Gasteiger partial charge in [0.1, 0.15) is 4.91 Å². The molecule has 0 unspecified atom stereocenters. The predicted octanol–water partition coefficient (Wildman–Crippen LogP) is 0.277. The normalized spacial score (nSPS) is 7.20. The summed E-state index contributed by atoms with van der Waals surface area (Å²) in [6, 6.07) is 0. The van der Waals surface area contributed by atoms with Gasteiger partial charge in [-0.25, -0.2) is 0 Å². The molecule has 0 rings (SSSR count). The van der Waals surface area contributed by atoms with Crippen molar-refractivity contribution in [3.8, 4) is 0 Å². The fraction of sp³-hybridized carbons (Fsp3) is 1.00. The summed E-state index contributed by atoms with van der Waals surface area (Å²) in [6.45, 7) is 4.10. The minimum atomic E-state index is 0.111. The van der Waals surface area contributed by atoms with Gasteiger partial charge in [0.15, 0.2) is 13.2 Å². The molecule has 0 fully saturated rings. The van der Waals surface area contributed by atoms with Gasteiger partial charge in [0.2, 0.25) is 0 Å². The average Bonchev–Trinajstić information content (AvgIpc) is 1.93. The summed E-state index contributed by atoms with van der Waals surface area (Å²) >= 11 is 0. The summed E-state index contributed by atoms with van der Waals surface area (Å²) in [4.78, 5) is 18.8. The summed E-state index contributed by atoms with van der Waals surface area (Å²) in [5, 5.41) is 7.11. The quantitative estimate of drug-likeness (QED) is 0.588. The lowest BCUT2D eigenvalue weighted by molar-refractivity contribution is -0.980. The number of rotatable bonds is 4. The second-order valence-corrected chi connectivity index (χ2v) is 1.06. The van der Waals surface area contributed by atoms with Crippen LogP contribution in [0.25, 0.3) is 0 Å². The highest BCUT2D eigenvalue weighted by Crippen LogP contribution is 1.77. The van der Waals surface area contributed by atoms with Gasteiger partial charge < -0.3 is 5.11 Å². The first-order chi connectivity index (χ1) is 4.81. The van der Waals surface area contributed by atoms with Crippen molar-refractivity contribution in [2.45, 2.75) is 13.8 Å². The van der Waals surface area contributed by atoms with Crippen molar-refractivity contribution in [2.75, 3.05) is 20.3 Å². The Balaban J connectivity index is 0. The monoisotopic (exact) mass is 152 g/mol. The smallest absolute Gasteiger partial charge is 0.400 e. The molecule has 0 aromatic rings. The van der Waals surface area contributed by atoms with Crippen molar-refractivity contribution in [3.63, 3.8) is 0 Å². The average molecular weight is 152 g/mol. The van der Waals surface area contributed by atoms with Crippen LogP contribution >= 0.6 is 0 Å². The molecule has 1 N–H and O–H groups in total. The van der Waals surface area contributed by atoms with E-state index in [1.165, 1.54) is 0 Å². The highest BCUT2D eigenvalue weighted by molar-refractivity contribution is 3.93. The van der Waals surface area contributed by atoms with Crippen molar-refractivity contribution in [2.24, 2.45) is 0 Å². The van der Waals surface area contributed by atoms with E-state index in [-0.39, 0.29) is 5.09 Å². The van der Waals surface area contributed by atoms with Gasteiger partial charge in [-0.2, -0.15) is 9.68 Å². The third-order valence-electron chi connectivity index (χ3n) is 0.469. The van der Waals surface area contributed by atoms with Crippen LogP contribution in [-0.2, 0) is 9.68 Å². The summed E-state index contributed by atoms with van der Waals surface area (Å²) < 4.78 is 0. The topological polar surface area (TPSA) is 58.8 Å². The molecule has 0 heterocycles. The van der Waals surface area contributed by atoms with Crippen LogP contribution in [0.2, 0.25) is 0 Å². The molecular weight excluding hydrogens is 138 g/mol. The first kappa shape index (κ1) is 11.9. The molecule has 0 bridgehead atoms. The molecule has 0 saturated heterocycles. The zero-order valence-electron chi connectivity index (χ0n) is 6.53. The highest BCUT2D eigenvalue weighted by Gasteiger charge is 2.05. The molecule has 0 saturated carbocycles. The second-order valence-electron chi connectivity index (χ2n) is 1.06. The van der Waals surface area contributed by atoms with Crippen LogP contribution < -0.4 is 0 Å². The van der Waals surface area contributed by atoms with Crippen LogP contribution in [0, 0.1) is 4.91 Å². The molecule has 5 nitrogen and oxygen atoms in total. The maximum atomic E-state index is 10.1. The number of nitrogens with zero attached hydrogens (tertiary/aromatic N) is 1. The van der Waals surface area contributed by atoms with Gasteiger partial charge in [0, 0.05) is 7.11 Å². The van der Waals surface area contributed by atoms with Crippen LogP contribution in [0.4, 0.5) is 0 Å². The van der Waals surface area contributed by atoms with Gasteiger partial charge in [-0.15, -0.1) is 0 Å². The fourth-order valence-electron chi connectivity index (χ4n) is 0.248. The predicted molar refractivity (Wildman–Crippen MR) is 35.0 cm³/mol. The van der Waals surface area contributed by atoms with Crippen molar-refractivity contribution >= 4 is 0 Å². The standard InChI is InChI=1S/C4H10NO3.CH4O/c1-3-7-5(6)8-4-2;1-2/h3-4H2,1-2H3;2H,1H3/q+1;. The van der Waals surface area contributed by atoms with Crippen LogP contribution in [0.15, 0.2) is 0 Å². The summed E-state index contributed by atoms with van der Waals surface area (Å²) in [7, 11) is 1.00. The zero-order valence-corrected chi connectivity index (χ0v) is 6.53. The molecule has 0 aromatic heterocycles. The number of hydrogen-bond donors (Lipinski definition) is 1. The van der Waals surface area contributed by atoms with Crippen LogP contribution in [0.3, 0.4) is 0 Å². The third kappa shape index (κ3) is 10.2. The molecule has 10 heavy (non-hydrogen) atoms. The molecule has 0 aliphatic heterocycles. The van der Waals surface area contributed by atoms with E-state index in [1.807, 2.05) is 0 Å². The third-order valence-corrected chi connectivity index (χ3v) is 0.469. The number of hydrogen-bond acceptors (Lipinski definition) is 4. The Labute approximate surface area is 60.0 Å². The lowest BCUT2D eigenvalue weighted by atomic mass is 10.9. The summed E-state index contributed by atoms with van der Waals surface area (Å²) in [6.07, 6.45) is 0. The van der Waals surface area contributed by atoms with Crippen molar-refractivity contribution in [3.05, 3.63) is 4.91 Å². The Morgan fingerprint density at radius 3 is 1.70 bits per heavy atom. The van der Waals surface area contributed by atoms with Gasteiger partial charge in [0.05, 0.1) is 0 Å². The van der Waals surface area contributed by atoms with E-state index < -0.39 is 0 Å². The van der Waals surface area contributed by atoms with Crippen LogP contribution in [0.5, 0.6) is 0 Å². The van der Waals surface area contributed by atoms with Crippen molar-refractivity contribution < 1.29 is 19.9 Å². The Hall–Kier alpha value is -0.840. The Morgan fingerprint density at radius 2 is 1.50 bits per heavy atom. The molecule has 0 radical (unpaired) electrons. The first-order valence-electron chi connectivity index (χ1n) is 2.99. The van der Waals surface area contributed by atoms with Gasteiger partial charge in [-0.05, 0) is 13.8 Å². The van der Waals surface area contributed by atoms with Crippen LogP contribution in [0.1, 0.15) is 13.8 Å². The Bertz CT molecular complexity index is 68.0. The molecule has 0 spiro atoms. The van der Waals surface area contributed by atoms with Crippen molar-refractivity contribution in [1.82, 2.24) is 0 Å². The molecule has 0 aliphatic carbocycles. The minimum Gasteiger partial charge on any atom is -0.400 e. The zero-order chi connectivity index (χ0) is 8.41. The molecular formula is C5H14NO4+. The lowest BCUT2D eigenvalue weighted by Crippen LogP contribution is -2.09. The second kappa shape index (κ2) is 11.0. The van der Waals surface area contributed by atoms with E-state index in [0.717, 1.165) is 7.11 Å². The van der Waals surface area contributed by atoms with E-state index in [4.69, 9.17) is 5.11 Å². The lowest BCUT2D eigenvalue weighted by Gasteiger charge is -1.84. The van der Waals surface area contributed by atoms with Crippen LogP contribution in [-0.4, -0.2) is 30.5 Å². The van der Waals surface area contributed by atoms with E-state index in [1.54, 1.807) is 13.8 Å². The maximum Gasteiger partial charge on any atom is 0.477 e. The van der Waals surface area contributed by atoms with Gasteiger partial charge >= 0.3 is 5.09 Å². The van der Waals surface area contributed by atoms with Crippen molar-refractivity contribution in [1.29, 1.82) is 0 Å².